The molecule has 2 aromatic carbocycles. The van der Waals surface area contributed by atoms with Gasteiger partial charge >= 0.3 is 0 Å². The lowest BCUT2D eigenvalue weighted by Crippen LogP contribution is -2.18. The Labute approximate surface area is 129 Å². The molecule has 0 heterocycles. The van der Waals surface area contributed by atoms with E-state index in [4.69, 9.17) is 0 Å². The second-order valence-corrected chi connectivity index (χ2v) is 4.87. The number of nitrogens with zero attached hydrogens (tertiary/aromatic N) is 1. The third-order valence-corrected chi connectivity index (χ3v) is 2.90. The number of hydrazone groups is 1. The molecule has 0 aliphatic heterocycles. The number of anilines is 1. The van der Waals surface area contributed by atoms with Crippen molar-refractivity contribution in [3.63, 3.8) is 0 Å². The first-order valence-electron chi connectivity index (χ1n) is 6.82. The van der Waals surface area contributed by atoms with Gasteiger partial charge in [0, 0.05) is 18.2 Å². The Morgan fingerprint density at radius 2 is 1.82 bits per heavy atom. The van der Waals surface area contributed by atoms with Gasteiger partial charge in [-0.15, -0.1) is 0 Å². The lowest BCUT2D eigenvalue weighted by atomic mass is 10.2. The normalized spacial score (nSPS) is 10.5. The molecule has 2 aromatic rings. The average Bonchev–Trinajstić information content (AvgIpc) is 2.49. The third kappa shape index (κ3) is 4.56. The van der Waals surface area contributed by atoms with Crippen LogP contribution in [0.15, 0.2) is 53.6 Å². The largest absolute Gasteiger partial charge is 0.326 e. The van der Waals surface area contributed by atoms with Crippen LogP contribution in [0.2, 0.25) is 0 Å². The fourth-order valence-corrected chi connectivity index (χ4v) is 1.82. The van der Waals surface area contributed by atoms with Crippen LogP contribution >= 0.6 is 0 Å². The maximum atomic E-state index is 12.0. The van der Waals surface area contributed by atoms with E-state index in [1.54, 1.807) is 30.5 Å². The van der Waals surface area contributed by atoms with Crippen molar-refractivity contribution in [3.8, 4) is 0 Å². The Morgan fingerprint density at radius 1 is 1.09 bits per heavy atom. The van der Waals surface area contributed by atoms with Crippen LogP contribution in [0.1, 0.15) is 28.4 Å². The molecule has 0 unspecified atom stereocenters. The summed E-state index contributed by atoms with van der Waals surface area (Å²) in [5.41, 5.74) is 5.52. The van der Waals surface area contributed by atoms with Crippen LogP contribution in [0.25, 0.3) is 0 Å². The van der Waals surface area contributed by atoms with Crippen molar-refractivity contribution in [2.75, 3.05) is 5.32 Å². The van der Waals surface area contributed by atoms with Crippen LogP contribution in [-0.2, 0) is 4.79 Å². The van der Waals surface area contributed by atoms with Gasteiger partial charge in [0.25, 0.3) is 5.91 Å². The highest BCUT2D eigenvalue weighted by atomic mass is 16.2. The number of nitrogens with one attached hydrogen (secondary N) is 2. The van der Waals surface area contributed by atoms with Crippen molar-refractivity contribution in [3.05, 3.63) is 65.2 Å². The van der Waals surface area contributed by atoms with Crippen LogP contribution in [0.4, 0.5) is 5.69 Å². The highest BCUT2D eigenvalue weighted by Gasteiger charge is 2.05. The van der Waals surface area contributed by atoms with Crippen LogP contribution < -0.4 is 10.7 Å². The van der Waals surface area contributed by atoms with Crippen molar-refractivity contribution >= 4 is 23.7 Å². The Balaban J connectivity index is 2.00. The maximum Gasteiger partial charge on any atom is 0.271 e. The second-order valence-electron chi connectivity index (χ2n) is 4.87. The summed E-state index contributed by atoms with van der Waals surface area (Å²) < 4.78 is 0. The molecule has 5 nitrogen and oxygen atoms in total. The Hall–Kier alpha value is -2.95. The van der Waals surface area contributed by atoms with Crippen molar-refractivity contribution in [2.24, 2.45) is 5.10 Å². The number of hydrogen-bond donors (Lipinski definition) is 2. The van der Waals surface area contributed by atoms with E-state index in [1.165, 1.54) is 6.92 Å². The number of aryl methyl sites for hydroxylation is 1. The monoisotopic (exact) mass is 295 g/mol. The van der Waals surface area contributed by atoms with Crippen molar-refractivity contribution in [2.45, 2.75) is 13.8 Å². The van der Waals surface area contributed by atoms with Gasteiger partial charge in [-0.25, -0.2) is 5.43 Å². The zero-order valence-corrected chi connectivity index (χ0v) is 12.5. The molecule has 22 heavy (non-hydrogen) atoms. The molecule has 0 aromatic heterocycles. The van der Waals surface area contributed by atoms with Gasteiger partial charge in [-0.2, -0.15) is 5.10 Å². The lowest BCUT2D eigenvalue weighted by Gasteiger charge is -2.04. The minimum Gasteiger partial charge on any atom is -0.326 e. The molecule has 5 heteroatoms. The van der Waals surface area contributed by atoms with Gasteiger partial charge in [0.05, 0.1) is 6.21 Å². The summed E-state index contributed by atoms with van der Waals surface area (Å²) in [4.78, 5) is 23.0. The van der Waals surface area contributed by atoms with Gasteiger partial charge in [0.2, 0.25) is 5.91 Å². The molecule has 0 atom stereocenters. The number of rotatable bonds is 4. The molecule has 0 aliphatic carbocycles. The quantitative estimate of drug-likeness (QED) is 0.672. The van der Waals surface area contributed by atoms with E-state index in [0.717, 1.165) is 11.1 Å². The van der Waals surface area contributed by atoms with E-state index in [1.807, 2.05) is 31.2 Å². The summed E-state index contributed by atoms with van der Waals surface area (Å²) in [5, 5.41) is 6.56. The first-order valence-corrected chi connectivity index (χ1v) is 6.82. The predicted octanol–water partition coefficient (Wildman–Crippen LogP) is 2.72. The zero-order valence-electron chi connectivity index (χ0n) is 12.5. The third-order valence-electron chi connectivity index (χ3n) is 2.90. The number of amides is 2. The van der Waals surface area contributed by atoms with Gasteiger partial charge in [-0.3, -0.25) is 9.59 Å². The minimum atomic E-state index is -0.337. The van der Waals surface area contributed by atoms with E-state index in [-0.39, 0.29) is 11.8 Å². The summed E-state index contributed by atoms with van der Waals surface area (Å²) in [5.74, 6) is -0.523. The second kappa shape index (κ2) is 7.17. The topological polar surface area (TPSA) is 70.6 Å². The van der Waals surface area contributed by atoms with Crippen molar-refractivity contribution < 1.29 is 9.59 Å². The highest BCUT2D eigenvalue weighted by Crippen LogP contribution is 2.10. The molecule has 0 radical (unpaired) electrons. The molecule has 0 saturated carbocycles. The molecular weight excluding hydrogens is 278 g/mol. The minimum absolute atomic E-state index is 0.185. The fourth-order valence-electron chi connectivity index (χ4n) is 1.82. The summed E-state index contributed by atoms with van der Waals surface area (Å²) >= 11 is 0. The number of carbonyl (C=O) groups is 2. The van der Waals surface area contributed by atoms with Gasteiger partial charge in [-0.1, -0.05) is 35.9 Å². The number of benzene rings is 2. The average molecular weight is 295 g/mol. The molecule has 0 saturated heterocycles. The summed E-state index contributed by atoms with van der Waals surface area (Å²) in [6, 6.07) is 14.4. The Morgan fingerprint density at radius 3 is 2.50 bits per heavy atom. The van der Waals surface area contributed by atoms with Gasteiger partial charge in [0.15, 0.2) is 0 Å². The van der Waals surface area contributed by atoms with E-state index >= 15 is 0 Å². The van der Waals surface area contributed by atoms with Crippen molar-refractivity contribution in [1.29, 1.82) is 0 Å². The summed E-state index contributed by atoms with van der Waals surface area (Å²) in [6.45, 7) is 3.42. The molecule has 0 bridgehead atoms. The fraction of sp³-hybridized carbons (Fsp3) is 0.118. The molecule has 0 spiro atoms. The Bertz CT molecular complexity index is 706. The maximum absolute atomic E-state index is 12.0. The zero-order chi connectivity index (χ0) is 15.9. The summed E-state index contributed by atoms with van der Waals surface area (Å²) in [7, 11) is 0. The van der Waals surface area contributed by atoms with Gasteiger partial charge < -0.3 is 5.32 Å². The van der Waals surface area contributed by atoms with Crippen LogP contribution in [0.5, 0.6) is 0 Å². The molecular formula is C17H17N3O2. The number of carbonyl (C=O) groups excluding carboxylic acids is 2. The van der Waals surface area contributed by atoms with Crippen molar-refractivity contribution in [1.82, 2.24) is 5.43 Å². The standard InChI is InChI=1S/C17H17N3O2/c1-12-6-8-14(9-7-12)11-18-20-17(22)15-4-3-5-16(10-15)19-13(2)21/h3-11H,1-2H3,(H,19,21)(H,20,22). The van der Waals surface area contributed by atoms with E-state index < -0.39 is 0 Å². The molecule has 2 amide bonds. The Kier molecular flexibility index (Phi) is 5.03. The lowest BCUT2D eigenvalue weighted by molar-refractivity contribution is -0.114. The van der Waals surface area contributed by atoms with E-state index in [0.29, 0.717) is 11.3 Å². The molecule has 0 aliphatic rings. The molecule has 0 fully saturated rings. The van der Waals surface area contributed by atoms with Crippen LogP contribution in [0, 0.1) is 6.92 Å². The van der Waals surface area contributed by atoms with Gasteiger partial charge in [0.1, 0.15) is 0 Å². The van der Waals surface area contributed by atoms with E-state index in [9.17, 15) is 9.59 Å². The smallest absolute Gasteiger partial charge is 0.271 e. The first-order chi connectivity index (χ1) is 10.5. The van der Waals surface area contributed by atoms with Gasteiger partial charge in [-0.05, 0) is 30.7 Å². The first kappa shape index (κ1) is 15.4. The highest BCUT2D eigenvalue weighted by molar-refractivity contribution is 5.97. The predicted molar refractivity (Wildman–Crippen MR) is 87.0 cm³/mol. The van der Waals surface area contributed by atoms with Crippen LogP contribution in [-0.4, -0.2) is 18.0 Å². The molecule has 112 valence electrons. The molecule has 2 N–H and O–H groups in total. The van der Waals surface area contributed by atoms with E-state index in [2.05, 4.69) is 15.8 Å². The number of hydrogen-bond acceptors (Lipinski definition) is 3. The molecule has 2 rings (SSSR count). The van der Waals surface area contributed by atoms with Crippen LogP contribution in [0.3, 0.4) is 0 Å². The SMILES string of the molecule is CC(=O)Nc1cccc(C(=O)NN=Cc2ccc(C)cc2)c1. The summed E-state index contributed by atoms with van der Waals surface area (Å²) in [6.07, 6.45) is 1.58.